The maximum atomic E-state index is 12.6. The van der Waals surface area contributed by atoms with Gasteiger partial charge in [-0.3, -0.25) is 14.6 Å². The smallest absolute Gasteiger partial charge is 0.253 e. The van der Waals surface area contributed by atoms with E-state index >= 15 is 0 Å². The van der Waals surface area contributed by atoms with Crippen molar-refractivity contribution in [1.29, 1.82) is 0 Å². The van der Waals surface area contributed by atoms with Gasteiger partial charge in [-0.15, -0.1) is 11.3 Å². The van der Waals surface area contributed by atoms with E-state index in [9.17, 15) is 9.59 Å². The Morgan fingerprint density at radius 3 is 2.45 bits per heavy atom. The Morgan fingerprint density at radius 2 is 1.81 bits per heavy atom. The molecule has 2 aromatic heterocycles. The highest BCUT2D eigenvalue weighted by Crippen LogP contribution is 2.26. The van der Waals surface area contributed by atoms with E-state index in [1.54, 1.807) is 47.6 Å². The van der Waals surface area contributed by atoms with Crippen LogP contribution in [0.1, 0.15) is 44.8 Å². The highest BCUT2D eigenvalue weighted by molar-refractivity contribution is 8.00. The fraction of sp³-hybridized carbons (Fsp3) is 0.304. The molecule has 2 amide bonds. The highest BCUT2D eigenvalue weighted by Gasteiger charge is 2.24. The third-order valence-corrected chi connectivity index (χ3v) is 7.43. The molecule has 1 aliphatic rings. The Kier molecular flexibility index (Phi) is 6.99. The Balaban J connectivity index is 1.24. The topological polar surface area (TPSA) is 75.2 Å². The first kappa shape index (κ1) is 21.5. The normalized spacial score (nSPS) is 14.4. The molecule has 0 spiro atoms. The number of likely N-dealkylation sites (tertiary alicyclic amines) is 1. The van der Waals surface area contributed by atoms with Gasteiger partial charge in [0.05, 0.1) is 0 Å². The number of hydrogen-bond acceptors (Lipinski definition) is 6. The first-order chi connectivity index (χ1) is 15.1. The summed E-state index contributed by atoms with van der Waals surface area (Å²) in [5, 5.41) is 5.16. The van der Waals surface area contributed by atoms with E-state index in [0.29, 0.717) is 24.2 Å². The van der Waals surface area contributed by atoms with Gasteiger partial charge in [-0.2, -0.15) is 0 Å². The molecule has 0 atom stereocenters. The number of thiazole rings is 1. The van der Waals surface area contributed by atoms with Crippen molar-refractivity contribution >= 4 is 34.9 Å². The van der Waals surface area contributed by atoms with Crippen molar-refractivity contribution in [3.8, 4) is 0 Å². The molecule has 0 unspecified atom stereocenters. The summed E-state index contributed by atoms with van der Waals surface area (Å²) < 4.78 is 1.06. The molecule has 1 aromatic carbocycles. The van der Waals surface area contributed by atoms with Crippen molar-refractivity contribution in [3.63, 3.8) is 0 Å². The number of hydrogen-bond donors (Lipinski definition) is 1. The zero-order valence-electron chi connectivity index (χ0n) is 17.3. The van der Waals surface area contributed by atoms with Gasteiger partial charge < -0.3 is 10.2 Å². The molecule has 6 nitrogen and oxygen atoms in total. The number of carbonyl (C=O) groups excluding carboxylic acids is 2. The molecule has 0 radical (unpaired) electrons. The fourth-order valence-electron chi connectivity index (χ4n) is 3.47. The fourth-order valence-corrected chi connectivity index (χ4v) is 5.27. The minimum Gasteiger partial charge on any atom is -0.349 e. The summed E-state index contributed by atoms with van der Waals surface area (Å²) in [7, 11) is 0. The average molecular weight is 453 g/mol. The summed E-state index contributed by atoms with van der Waals surface area (Å²) in [5.74, 6) is 0.793. The minimum absolute atomic E-state index is 0.0218. The van der Waals surface area contributed by atoms with Gasteiger partial charge in [-0.25, -0.2) is 4.98 Å². The van der Waals surface area contributed by atoms with Crippen molar-refractivity contribution in [1.82, 2.24) is 20.2 Å². The minimum atomic E-state index is -0.0614. The number of aryl methyl sites for hydroxylation is 1. The summed E-state index contributed by atoms with van der Waals surface area (Å²) in [6.45, 7) is 3.27. The van der Waals surface area contributed by atoms with Crippen LogP contribution in [0.15, 0.2) is 58.5 Å². The lowest BCUT2D eigenvalue weighted by Gasteiger charge is -2.32. The second-order valence-electron chi connectivity index (χ2n) is 7.52. The van der Waals surface area contributed by atoms with E-state index in [-0.39, 0.29) is 17.9 Å². The van der Waals surface area contributed by atoms with E-state index in [2.05, 4.69) is 20.7 Å². The van der Waals surface area contributed by atoms with Crippen LogP contribution in [-0.2, 0) is 5.75 Å². The zero-order chi connectivity index (χ0) is 21.6. The van der Waals surface area contributed by atoms with Gasteiger partial charge >= 0.3 is 0 Å². The molecule has 4 rings (SSSR count). The van der Waals surface area contributed by atoms with Crippen molar-refractivity contribution < 1.29 is 9.59 Å². The number of amides is 2. The van der Waals surface area contributed by atoms with E-state index in [1.165, 1.54) is 0 Å². The number of aromatic nitrogens is 2. The molecule has 160 valence electrons. The monoisotopic (exact) mass is 452 g/mol. The SMILES string of the molecule is Cc1csc(SCc2ccc(C(=O)NC3CCN(C(=O)c4ccncc4)CC3)cc2)n1. The summed E-state index contributed by atoms with van der Waals surface area (Å²) in [6.07, 6.45) is 4.77. The molecule has 8 heteroatoms. The molecule has 0 bridgehead atoms. The third kappa shape index (κ3) is 5.71. The summed E-state index contributed by atoms with van der Waals surface area (Å²) in [6, 6.07) is 11.3. The molecular weight excluding hydrogens is 428 g/mol. The molecule has 3 aromatic rings. The van der Waals surface area contributed by atoms with Crippen LogP contribution in [0.3, 0.4) is 0 Å². The Hall–Kier alpha value is -2.71. The van der Waals surface area contributed by atoms with Gasteiger partial charge in [0.25, 0.3) is 11.8 Å². The van der Waals surface area contributed by atoms with Crippen LogP contribution < -0.4 is 5.32 Å². The number of nitrogens with zero attached hydrogens (tertiary/aromatic N) is 3. The van der Waals surface area contributed by atoms with E-state index in [4.69, 9.17) is 0 Å². The molecule has 1 saturated heterocycles. The van der Waals surface area contributed by atoms with Gasteiger partial charge in [0.2, 0.25) is 0 Å². The number of rotatable bonds is 6. The van der Waals surface area contributed by atoms with Crippen molar-refractivity contribution in [3.05, 3.63) is 76.6 Å². The maximum Gasteiger partial charge on any atom is 0.253 e. The van der Waals surface area contributed by atoms with Crippen molar-refractivity contribution in [2.75, 3.05) is 13.1 Å². The van der Waals surface area contributed by atoms with Crippen LogP contribution in [-0.4, -0.2) is 45.8 Å². The predicted octanol–water partition coefficient (Wildman–Crippen LogP) is 4.17. The second kappa shape index (κ2) is 10.1. The first-order valence-electron chi connectivity index (χ1n) is 10.2. The molecule has 3 heterocycles. The number of pyridine rings is 1. The maximum absolute atomic E-state index is 12.6. The Labute approximate surface area is 190 Å². The molecule has 1 N–H and O–H groups in total. The van der Waals surface area contributed by atoms with Gasteiger partial charge in [0, 0.05) is 59.5 Å². The van der Waals surface area contributed by atoms with Crippen LogP contribution in [0.4, 0.5) is 0 Å². The van der Waals surface area contributed by atoms with E-state index in [1.807, 2.05) is 36.1 Å². The second-order valence-corrected chi connectivity index (χ2v) is 9.60. The third-order valence-electron chi connectivity index (χ3n) is 5.22. The molecule has 31 heavy (non-hydrogen) atoms. The molecular formula is C23H24N4O2S2. The van der Waals surface area contributed by atoms with Crippen LogP contribution in [0.2, 0.25) is 0 Å². The number of benzene rings is 1. The van der Waals surface area contributed by atoms with Crippen molar-refractivity contribution in [2.24, 2.45) is 0 Å². The van der Waals surface area contributed by atoms with E-state index in [0.717, 1.165) is 34.2 Å². The molecule has 0 aliphatic carbocycles. The lowest BCUT2D eigenvalue weighted by molar-refractivity contribution is 0.0698. The lowest BCUT2D eigenvalue weighted by Crippen LogP contribution is -2.46. The van der Waals surface area contributed by atoms with Gasteiger partial charge in [0.1, 0.15) is 4.34 Å². The predicted molar refractivity (Wildman–Crippen MR) is 123 cm³/mol. The first-order valence-corrected chi connectivity index (χ1v) is 12.1. The number of thioether (sulfide) groups is 1. The van der Waals surface area contributed by atoms with Crippen LogP contribution in [0.5, 0.6) is 0 Å². The largest absolute Gasteiger partial charge is 0.349 e. The highest BCUT2D eigenvalue weighted by atomic mass is 32.2. The van der Waals surface area contributed by atoms with Gasteiger partial charge in [0.15, 0.2) is 0 Å². The lowest BCUT2D eigenvalue weighted by atomic mass is 10.0. The Bertz CT molecular complexity index is 1030. The molecule has 0 saturated carbocycles. The van der Waals surface area contributed by atoms with Gasteiger partial charge in [-0.1, -0.05) is 23.9 Å². The van der Waals surface area contributed by atoms with Gasteiger partial charge in [-0.05, 0) is 49.6 Å². The van der Waals surface area contributed by atoms with Crippen LogP contribution in [0.25, 0.3) is 0 Å². The zero-order valence-corrected chi connectivity index (χ0v) is 18.9. The Morgan fingerprint density at radius 1 is 1.10 bits per heavy atom. The number of piperidine rings is 1. The number of nitrogens with one attached hydrogen (secondary N) is 1. The average Bonchev–Trinajstić information content (AvgIpc) is 3.23. The van der Waals surface area contributed by atoms with Crippen LogP contribution in [0, 0.1) is 6.92 Å². The standard InChI is InChI=1S/C23H24N4O2S2/c1-16-14-30-23(25-16)31-15-17-2-4-18(5-3-17)21(28)26-20-8-12-27(13-9-20)22(29)19-6-10-24-11-7-19/h2-7,10-11,14,20H,8-9,12-13,15H2,1H3,(H,26,28). The molecule has 1 fully saturated rings. The molecule has 1 aliphatic heterocycles. The van der Waals surface area contributed by atoms with E-state index < -0.39 is 0 Å². The number of carbonyl (C=O) groups is 2. The van der Waals surface area contributed by atoms with Crippen LogP contribution >= 0.6 is 23.1 Å². The summed E-state index contributed by atoms with van der Waals surface area (Å²) >= 11 is 3.37. The van der Waals surface area contributed by atoms with Crippen molar-refractivity contribution in [2.45, 2.75) is 35.9 Å². The quantitative estimate of drug-likeness (QED) is 0.568. The summed E-state index contributed by atoms with van der Waals surface area (Å²) in [5.41, 5.74) is 3.53. The summed E-state index contributed by atoms with van der Waals surface area (Å²) in [4.78, 5) is 35.4.